The van der Waals surface area contributed by atoms with Crippen LogP contribution in [0.3, 0.4) is 0 Å². The minimum Gasteiger partial charge on any atom is -0.350 e. The topological polar surface area (TPSA) is 63.1 Å². The maximum atomic E-state index is 13.0. The minimum absolute atomic E-state index is 0.0712. The lowest BCUT2D eigenvalue weighted by Gasteiger charge is -2.35. The smallest absolute Gasteiger partial charge is 0.350 e. The van der Waals surface area contributed by atoms with Gasteiger partial charge in [0.1, 0.15) is 0 Å². The number of piperidine rings is 1. The Morgan fingerprint density at radius 2 is 2.03 bits per heavy atom. The zero-order chi connectivity index (χ0) is 23.3. The summed E-state index contributed by atoms with van der Waals surface area (Å²) in [6.07, 6.45) is 3.52. The number of amides is 1. The van der Waals surface area contributed by atoms with E-state index in [0.29, 0.717) is 23.8 Å². The van der Waals surface area contributed by atoms with Gasteiger partial charge in [-0.05, 0) is 50.4 Å². The van der Waals surface area contributed by atoms with Crippen molar-refractivity contribution in [1.82, 2.24) is 25.0 Å². The van der Waals surface area contributed by atoms with Gasteiger partial charge in [-0.2, -0.15) is 18.3 Å². The molecule has 1 unspecified atom stereocenters. The molecule has 1 N–H and O–H groups in total. The molecule has 2 aromatic heterocycles. The highest BCUT2D eigenvalue weighted by Gasteiger charge is 2.31. The van der Waals surface area contributed by atoms with Gasteiger partial charge in [-0.15, -0.1) is 0 Å². The van der Waals surface area contributed by atoms with Crippen LogP contribution in [0.5, 0.6) is 0 Å². The molecule has 32 heavy (non-hydrogen) atoms. The molecule has 0 aliphatic carbocycles. The molecule has 0 saturated carbocycles. The van der Waals surface area contributed by atoms with E-state index in [2.05, 4.69) is 27.2 Å². The van der Waals surface area contributed by atoms with Gasteiger partial charge < -0.3 is 5.32 Å². The summed E-state index contributed by atoms with van der Waals surface area (Å²) in [5, 5.41) is 7.33. The minimum atomic E-state index is -4.45. The van der Waals surface area contributed by atoms with E-state index in [4.69, 9.17) is 0 Å². The van der Waals surface area contributed by atoms with E-state index < -0.39 is 11.7 Å². The number of nitrogens with one attached hydrogen (secondary N) is 1. The van der Waals surface area contributed by atoms with Gasteiger partial charge in [0, 0.05) is 18.8 Å². The number of likely N-dealkylation sites (tertiary alicyclic amines) is 1. The Kier molecular flexibility index (Phi) is 7.92. The molecule has 1 aliphatic heterocycles. The van der Waals surface area contributed by atoms with Crippen LogP contribution in [0.1, 0.15) is 80.4 Å². The fourth-order valence-electron chi connectivity index (χ4n) is 4.20. The number of aromatic nitrogens is 3. The van der Waals surface area contributed by atoms with Crippen LogP contribution in [0.15, 0.2) is 24.5 Å². The lowest BCUT2D eigenvalue weighted by molar-refractivity contribution is -0.137. The van der Waals surface area contributed by atoms with E-state index in [0.717, 1.165) is 51.0 Å². The van der Waals surface area contributed by atoms with Crippen LogP contribution in [-0.4, -0.2) is 51.2 Å². The highest BCUT2D eigenvalue weighted by atomic mass is 19.4. The maximum Gasteiger partial charge on any atom is 0.417 e. The lowest BCUT2D eigenvalue weighted by Crippen LogP contribution is -2.47. The van der Waals surface area contributed by atoms with Crippen LogP contribution in [0.4, 0.5) is 13.2 Å². The molecule has 1 saturated heterocycles. The van der Waals surface area contributed by atoms with Crippen LogP contribution < -0.4 is 5.32 Å². The molecule has 3 heterocycles. The van der Waals surface area contributed by atoms with Crippen molar-refractivity contribution in [3.8, 4) is 5.82 Å². The molecule has 1 atom stereocenters. The predicted molar refractivity (Wildman–Crippen MR) is 117 cm³/mol. The summed E-state index contributed by atoms with van der Waals surface area (Å²) in [7, 11) is 0. The second kappa shape index (κ2) is 10.5. The molecule has 1 aliphatic rings. The summed E-state index contributed by atoms with van der Waals surface area (Å²) in [5.41, 5.74) is 0.233. The highest BCUT2D eigenvalue weighted by Crippen LogP contribution is 2.29. The quantitative estimate of drug-likeness (QED) is 0.627. The van der Waals surface area contributed by atoms with E-state index in [1.54, 1.807) is 0 Å². The number of carbonyl (C=O) groups excluding carboxylic acids is 1. The Labute approximate surface area is 187 Å². The van der Waals surface area contributed by atoms with Crippen molar-refractivity contribution in [3.63, 3.8) is 0 Å². The van der Waals surface area contributed by atoms with Gasteiger partial charge in [0.15, 0.2) is 5.82 Å². The van der Waals surface area contributed by atoms with E-state index in [1.807, 2.05) is 13.8 Å². The van der Waals surface area contributed by atoms with Crippen molar-refractivity contribution < 1.29 is 18.0 Å². The van der Waals surface area contributed by atoms with Crippen molar-refractivity contribution in [2.75, 3.05) is 19.6 Å². The summed E-state index contributed by atoms with van der Waals surface area (Å²) in [4.78, 5) is 19.4. The van der Waals surface area contributed by atoms with Gasteiger partial charge in [0.25, 0.3) is 5.91 Å². The van der Waals surface area contributed by atoms with Crippen LogP contribution in [0, 0.1) is 0 Å². The third-order valence-corrected chi connectivity index (χ3v) is 5.94. The molecule has 3 rings (SSSR count). The second-order valence-electron chi connectivity index (χ2n) is 8.66. The van der Waals surface area contributed by atoms with Crippen molar-refractivity contribution in [3.05, 3.63) is 41.3 Å². The van der Waals surface area contributed by atoms with Crippen LogP contribution in [-0.2, 0) is 6.18 Å². The number of rotatable bonds is 8. The van der Waals surface area contributed by atoms with Gasteiger partial charge >= 0.3 is 6.18 Å². The first kappa shape index (κ1) is 24.2. The average molecular weight is 452 g/mol. The number of unbranched alkanes of at least 4 members (excludes halogenated alkanes) is 1. The third-order valence-electron chi connectivity index (χ3n) is 5.94. The average Bonchev–Trinajstić information content (AvgIpc) is 3.22. The number of hydrogen-bond acceptors (Lipinski definition) is 4. The lowest BCUT2D eigenvalue weighted by atomic mass is 10.0. The predicted octanol–water partition coefficient (Wildman–Crippen LogP) is 4.79. The van der Waals surface area contributed by atoms with Crippen LogP contribution >= 0.6 is 0 Å². The first-order chi connectivity index (χ1) is 15.2. The number of alkyl halides is 3. The Balaban J connectivity index is 1.75. The molecular formula is C23H32F3N5O. The molecular weight excluding hydrogens is 419 g/mol. The summed E-state index contributed by atoms with van der Waals surface area (Å²) < 4.78 is 40.0. The van der Waals surface area contributed by atoms with E-state index >= 15 is 0 Å². The van der Waals surface area contributed by atoms with Gasteiger partial charge in [-0.1, -0.05) is 33.6 Å². The Hall–Kier alpha value is -2.42. The van der Waals surface area contributed by atoms with Crippen molar-refractivity contribution >= 4 is 5.91 Å². The number of nitrogens with zero attached hydrogens (tertiary/aromatic N) is 4. The van der Waals surface area contributed by atoms with Gasteiger partial charge in [0.05, 0.1) is 23.0 Å². The van der Waals surface area contributed by atoms with Crippen molar-refractivity contribution in [2.24, 2.45) is 0 Å². The first-order valence-corrected chi connectivity index (χ1v) is 11.4. The molecule has 176 valence electrons. The van der Waals surface area contributed by atoms with Gasteiger partial charge in [-0.25, -0.2) is 9.67 Å². The SMILES string of the molecule is CCCCN1CCCCC1CNC(=O)c1cnn(-c2ccc(C(F)(F)F)cn2)c1C(C)C. The molecule has 0 spiro atoms. The standard InChI is InChI=1S/C23H32F3N5O/c1-4-5-11-30-12-7-6-8-18(30)14-28-22(32)19-15-29-31(21(19)16(2)3)20-10-9-17(13-27-20)23(24,25)26/h9-10,13,15-16,18H,4-8,11-12,14H2,1-3H3,(H,28,32). The fourth-order valence-corrected chi connectivity index (χ4v) is 4.20. The van der Waals surface area contributed by atoms with E-state index in [1.165, 1.54) is 23.4 Å². The number of pyridine rings is 1. The molecule has 1 fully saturated rings. The summed E-state index contributed by atoms with van der Waals surface area (Å²) in [6, 6.07) is 2.58. The zero-order valence-corrected chi connectivity index (χ0v) is 19.0. The van der Waals surface area contributed by atoms with Gasteiger partial charge in [0.2, 0.25) is 0 Å². The molecule has 1 amide bonds. The summed E-state index contributed by atoms with van der Waals surface area (Å²) >= 11 is 0. The molecule has 6 nitrogen and oxygen atoms in total. The normalized spacial score (nSPS) is 17.7. The highest BCUT2D eigenvalue weighted by molar-refractivity contribution is 5.95. The summed E-state index contributed by atoms with van der Waals surface area (Å²) in [5.74, 6) is -0.0373. The monoisotopic (exact) mass is 451 g/mol. The van der Waals surface area contributed by atoms with Crippen LogP contribution in [0.2, 0.25) is 0 Å². The van der Waals surface area contributed by atoms with Crippen molar-refractivity contribution in [1.29, 1.82) is 0 Å². The fraction of sp³-hybridized carbons (Fsp3) is 0.609. The van der Waals surface area contributed by atoms with Gasteiger partial charge in [-0.3, -0.25) is 9.69 Å². The molecule has 0 radical (unpaired) electrons. The maximum absolute atomic E-state index is 13.0. The number of halogens is 3. The third kappa shape index (κ3) is 5.68. The van der Waals surface area contributed by atoms with Crippen molar-refractivity contribution in [2.45, 2.75) is 71.0 Å². The molecule has 0 aromatic carbocycles. The van der Waals surface area contributed by atoms with Crippen LogP contribution in [0.25, 0.3) is 5.82 Å². The van der Waals surface area contributed by atoms with E-state index in [9.17, 15) is 18.0 Å². The first-order valence-electron chi connectivity index (χ1n) is 11.4. The molecule has 2 aromatic rings. The number of carbonyl (C=O) groups is 1. The molecule has 9 heteroatoms. The molecule has 0 bridgehead atoms. The second-order valence-corrected chi connectivity index (χ2v) is 8.66. The Morgan fingerprint density at radius 3 is 2.66 bits per heavy atom. The van der Waals surface area contributed by atoms with E-state index in [-0.39, 0.29) is 17.6 Å². The number of hydrogen-bond donors (Lipinski definition) is 1. The Bertz CT molecular complexity index is 892. The largest absolute Gasteiger partial charge is 0.417 e. The summed E-state index contributed by atoms with van der Waals surface area (Å²) in [6.45, 7) is 8.70. The Morgan fingerprint density at radius 1 is 1.25 bits per heavy atom. The zero-order valence-electron chi connectivity index (χ0n) is 19.0.